The van der Waals surface area contributed by atoms with Crippen LogP contribution in [0.25, 0.3) is 0 Å². The average Bonchev–Trinajstić information content (AvgIpc) is 2.39. The fraction of sp³-hybridized carbons (Fsp3) is 0.143. The quantitative estimate of drug-likeness (QED) is 0.912. The van der Waals surface area contributed by atoms with E-state index >= 15 is 0 Å². The number of anilines is 1. The van der Waals surface area contributed by atoms with E-state index in [1.807, 2.05) is 0 Å². The summed E-state index contributed by atoms with van der Waals surface area (Å²) in [6.45, 7) is 3.43. The summed E-state index contributed by atoms with van der Waals surface area (Å²) < 4.78 is 14.1. The summed E-state index contributed by atoms with van der Waals surface area (Å²) in [5.74, 6) is -0.654. The number of aryl methyl sites for hydroxylation is 1. The van der Waals surface area contributed by atoms with Gasteiger partial charge >= 0.3 is 0 Å². The molecule has 98 valence electrons. The van der Waals surface area contributed by atoms with Gasteiger partial charge < -0.3 is 5.32 Å². The van der Waals surface area contributed by atoms with E-state index in [9.17, 15) is 9.18 Å². The predicted molar refractivity (Wildman–Crippen MR) is 75.8 cm³/mol. The maximum absolute atomic E-state index is 13.7. The number of carbonyl (C=O) groups is 1. The van der Waals surface area contributed by atoms with Crippen molar-refractivity contribution >= 4 is 27.5 Å². The lowest BCUT2D eigenvalue weighted by Crippen LogP contribution is -2.13. The van der Waals surface area contributed by atoms with Gasteiger partial charge in [-0.15, -0.1) is 0 Å². The lowest BCUT2D eigenvalue weighted by atomic mass is 10.1. The van der Waals surface area contributed by atoms with Gasteiger partial charge in [0.2, 0.25) is 0 Å². The fourth-order valence-electron chi connectivity index (χ4n) is 1.67. The van der Waals surface area contributed by atoms with Gasteiger partial charge in [-0.25, -0.2) is 4.39 Å². The molecule has 2 rings (SSSR count). The Hall–Kier alpha value is -1.75. The molecule has 0 saturated carbocycles. The Morgan fingerprint density at radius 2 is 2.05 bits per heavy atom. The minimum Gasteiger partial charge on any atom is -0.322 e. The molecule has 0 fully saturated rings. The minimum atomic E-state index is -0.372. The molecule has 1 N–H and O–H groups in total. The summed E-state index contributed by atoms with van der Waals surface area (Å²) in [5.41, 5.74) is 2.11. The van der Waals surface area contributed by atoms with Crippen LogP contribution in [0.3, 0.4) is 0 Å². The van der Waals surface area contributed by atoms with Gasteiger partial charge in [0.25, 0.3) is 5.91 Å². The maximum atomic E-state index is 13.7. The van der Waals surface area contributed by atoms with Gasteiger partial charge in [-0.2, -0.15) is 0 Å². The van der Waals surface area contributed by atoms with Crippen LogP contribution in [0.1, 0.15) is 21.6 Å². The summed E-state index contributed by atoms with van der Waals surface area (Å²) in [5, 5.41) is 2.69. The SMILES string of the molecule is Cc1cc(C(=O)Nc2ccc(Br)c(F)c2C)ccn1. The summed E-state index contributed by atoms with van der Waals surface area (Å²) in [6.07, 6.45) is 1.57. The molecular weight excluding hydrogens is 311 g/mol. The Balaban J connectivity index is 2.27. The van der Waals surface area contributed by atoms with Crippen LogP contribution in [0.4, 0.5) is 10.1 Å². The zero-order chi connectivity index (χ0) is 14.0. The van der Waals surface area contributed by atoms with Gasteiger partial charge in [0.1, 0.15) is 5.82 Å². The first-order valence-electron chi connectivity index (χ1n) is 5.67. The van der Waals surface area contributed by atoms with E-state index in [-0.39, 0.29) is 11.7 Å². The van der Waals surface area contributed by atoms with Crippen LogP contribution in [0.5, 0.6) is 0 Å². The second kappa shape index (κ2) is 5.48. The van der Waals surface area contributed by atoms with Crippen molar-refractivity contribution in [2.45, 2.75) is 13.8 Å². The number of nitrogens with zero attached hydrogens (tertiary/aromatic N) is 1. The lowest BCUT2D eigenvalue weighted by Gasteiger charge is -2.10. The number of amides is 1. The molecule has 0 aliphatic carbocycles. The Bertz CT molecular complexity index is 643. The molecule has 0 saturated heterocycles. The molecule has 1 aromatic carbocycles. The van der Waals surface area contributed by atoms with Crippen LogP contribution in [-0.2, 0) is 0 Å². The van der Waals surface area contributed by atoms with E-state index in [2.05, 4.69) is 26.2 Å². The molecular formula is C14H12BrFN2O. The van der Waals surface area contributed by atoms with Crippen molar-refractivity contribution in [2.24, 2.45) is 0 Å². The van der Waals surface area contributed by atoms with E-state index in [1.54, 1.807) is 44.3 Å². The molecule has 3 nitrogen and oxygen atoms in total. The highest BCUT2D eigenvalue weighted by molar-refractivity contribution is 9.10. The zero-order valence-corrected chi connectivity index (χ0v) is 12.1. The van der Waals surface area contributed by atoms with Crippen molar-refractivity contribution in [1.29, 1.82) is 0 Å². The van der Waals surface area contributed by atoms with Gasteiger partial charge in [0.05, 0.1) is 4.47 Å². The van der Waals surface area contributed by atoms with Crippen molar-refractivity contribution in [2.75, 3.05) is 5.32 Å². The zero-order valence-electron chi connectivity index (χ0n) is 10.5. The van der Waals surface area contributed by atoms with Gasteiger partial charge in [0.15, 0.2) is 0 Å². The number of carbonyl (C=O) groups excluding carboxylic acids is 1. The van der Waals surface area contributed by atoms with E-state index in [4.69, 9.17) is 0 Å². The summed E-state index contributed by atoms with van der Waals surface area (Å²) in [4.78, 5) is 16.1. The molecule has 0 aliphatic heterocycles. The highest BCUT2D eigenvalue weighted by Gasteiger charge is 2.12. The Morgan fingerprint density at radius 3 is 2.74 bits per heavy atom. The van der Waals surface area contributed by atoms with Crippen molar-refractivity contribution < 1.29 is 9.18 Å². The largest absolute Gasteiger partial charge is 0.322 e. The average molecular weight is 323 g/mol. The highest BCUT2D eigenvalue weighted by atomic mass is 79.9. The number of hydrogen-bond donors (Lipinski definition) is 1. The number of hydrogen-bond acceptors (Lipinski definition) is 2. The summed E-state index contributed by atoms with van der Waals surface area (Å²) in [7, 11) is 0. The molecule has 5 heteroatoms. The van der Waals surface area contributed by atoms with Gasteiger partial charge in [0, 0.05) is 28.7 Å². The lowest BCUT2D eigenvalue weighted by molar-refractivity contribution is 0.102. The van der Waals surface area contributed by atoms with E-state index < -0.39 is 0 Å². The molecule has 0 spiro atoms. The molecule has 0 radical (unpaired) electrons. The third-order valence-electron chi connectivity index (χ3n) is 2.75. The Labute approximate surface area is 119 Å². The molecule has 1 heterocycles. The number of halogens is 2. The van der Waals surface area contributed by atoms with Crippen molar-refractivity contribution in [1.82, 2.24) is 4.98 Å². The van der Waals surface area contributed by atoms with Crippen LogP contribution >= 0.6 is 15.9 Å². The highest BCUT2D eigenvalue weighted by Crippen LogP contribution is 2.25. The summed E-state index contributed by atoms with van der Waals surface area (Å²) >= 11 is 3.10. The van der Waals surface area contributed by atoms with Crippen molar-refractivity contribution in [3.8, 4) is 0 Å². The van der Waals surface area contributed by atoms with Crippen LogP contribution in [0, 0.1) is 19.7 Å². The van der Waals surface area contributed by atoms with Gasteiger partial charge in [-0.05, 0) is 54.0 Å². The van der Waals surface area contributed by atoms with Gasteiger partial charge in [-0.1, -0.05) is 0 Å². The van der Waals surface area contributed by atoms with E-state index in [0.717, 1.165) is 5.69 Å². The second-order valence-corrected chi connectivity index (χ2v) is 5.03. The predicted octanol–water partition coefficient (Wildman–Crippen LogP) is 3.85. The number of pyridine rings is 1. The number of benzene rings is 1. The molecule has 1 aromatic heterocycles. The molecule has 1 amide bonds. The normalized spacial score (nSPS) is 10.3. The van der Waals surface area contributed by atoms with Crippen molar-refractivity contribution in [3.05, 3.63) is 57.6 Å². The molecule has 0 atom stereocenters. The fourth-order valence-corrected chi connectivity index (χ4v) is 2.10. The molecule has 19 heavy (non-hydrogen) atoms. The first-order chi connectivity index (χ1) is 8.99. The first-order valence-corrected chi connectivity index (χ1v) is 6.47. The topological polar surface area (TPSA) is 42.0 Å². The van der Waals surface area contributed by atoms with Crippen molar-refractivity contribution in [3.63, 3.8) is 0 Å². The monoisotopic (exact) mass is 322 g/mol. The van der Waals surface area contributed by atoms with E-state index in [0.29, 0.717) is 21.3 Å². The van der Waals surface area contributed by atoms with Crippen LogP contribution in [-0.4, -0.2) is 10.9 Å². The molecule has 2 aromatic rings. The Morgan fingerprint density at radius 1 is 1.32 bits per heavy atom. The van der Waals surface area contributed by atoms with E-state index in [1.165, 1.54) is 0 Å². The van der Waals surface area contributed by atoms with Crippen LogP contribution in [0.15, 0.2) is 34.9 Å². The standard InChI is InChI=1S/C14H12BrFN2O/c1-8-7-10(5-6-17-8)14(19)18-12-4-3-11(15)13(16)9(12)2/h3-7H,1-2H3,(H,18,19). The Kier molecular flexibility index (Phi) is 3.95. The maximum Gasteiger partial charge on any atom is 0.255 e. The smallest absolute Gasteiger partial charge is 0.255 e. The number of nitrogens with one attached hydrogen (secondary N) is 1. The second-order valence-electron chi connectivity index (χ2n) is 4.17. The number of aromatic nitrogens is 1. The molecule has 0 aliphatic rings. The number of rotatable bonds is 2. The minimum absolute atomic E-state index is 0.282. The summed E-state index contributed by atoms with van der Waals surface area (Å²) in [6, 6.07) is 6.52. The molecule has 0 bridgehead atoms. The van der Waals surface area contributed by atoms with Crippen LogP contribution < -0.4 is 5.32 Å². The third-order valence-corrected chi connectivity index (χ3v) is 3.36. The third kappa shape index (κ3) is 2.98. The molecule has 0 unspecified atom stereocenters. The van der Waals surface area contributed by atoms with Crippen LogP contribution in [0.2, 0.25) is 0 Å². The first kappa shape index (κ1) is 13.7. The van der Waals surface area contributed by atoms with Gasteiger partial charge in [-0.3, -0.25) is 9.78 Å².